The van der Waals surface area contributed by atoms with Crippen LogP contribution in [-0.2, 0) is 6.54 Å². The van der Waals surface area contributed by atoms with E-state index in [1.54, 1.807) is 13.2 Å². The summed E-state index contributed by atoms with van der Waals surface area (Å²) in [6.07, 6.45) is 0. The summed E-state index contributed by atoms with van der Waals surface area (Å²) in [5, 5.41) is 4.51. The fourth-order valence-corrected chi connectivity index (χ4v) is 2.54. The van der Waals surface area contributed by atoms with Crippen molar-refractivity contribution >= 4 is 40.1 Å². The van der Waals surface area contributed by atoms with Crippen molar-refractivity contribution in [2.24, 2.45) is 9.98 Å². The second-order valence-corrected chi connectivity index (χ2v) is 5.44. The van der Waals surface area contributed by atoms with Crippen LogP contribution in [0, 0.1) is 0 Å². The molecule has 0 saturated carbocycles. The van der Waals surface area contributed by atoms with Crippen molar-refractivity contribution in [1.82, 2.24) is 0 Å². The van der Waals surface area contributed by atoms with Gasteiger partial charge >= 0.3 is 6.03 Å². The van der Waals surface area contributed by atoms with E-state index in [4.69, 9.17) is 4.74 Å². The summed E-state index contributed by atoms with van der Waals surface area (Å²) in [4.78, 5) is 18.8. The lowest BCUT2D eigenvalue weighted by Crippen LogP contribution is -2.21. The van der Waals surface area contributed by atoms with Gasteiger partial charge in [0.2, 0.25) is 0 Å². The summed E-state index contributed by atoms with van der Waals surface area (Å²) in [5.41, 5.74) is 1.91. The molecule has 1 N–H and O–H groups in total. The molecule has 2 aromatic rings. The van der Waals surface area contributed by atoms with Crippen molar-refractivity contribution in [2.45, 2.75) is 6.54 Å². The minimum absolute atomic E-state index is 0. The van der Waals surface area contributed by atoms with E-state index in [1.165, 1.54) is 0 Å². The minimum Gasteiger partial charge on any atom is -0.496 e. The fraction of sp³-hybridized carbons (Fsp3) is 0.133. The van der Waals surface area contributed by atoms with Crippen molar-refractivity contribution in [2.75, 3.05) is 12.4 Å². The van der Waals surface area contributed by atoms with Crippen LogP contribution in [0.4, 0.5) is 10.5 Å². The van der Waals surface area contributed by atoms with E-state index in [1.807, 2.05) is 30.3 Å². The van der Waals surface area contributed by atoms with Gasteiger partial charge in [0, 0.05) is 22.3 Å². The summed E-state index contributed by atoms with van der Waals surface area (Å²) in [7, 11) is 1.65. The highest BCUT2D eigenvalue weighted by Crippen LogP contribution is 2.23. The van der Waals surface area contributed by atoms with E-state index >= 15 is 0 Å². The number of fused-ring (bicyclic) bond motifs is 1. The topological polar surface area (TPSA) is 63.0 Å². The molecule has 0 saturated heterocycles. The van der Waals surface area contributed by atoms with E-state index in [0.29, 0.717) is 17.3 Å². The Balaban J connectivity index is 0.00000176. The first kappa shape index (κ1) is 16.5. The number of hydrogen-bond donors (Lipinski definition) is 1. The minimum atomic E-state index is -0.448. The van der Waals surface area contributed by atoms with Crippen LogP contribution in [0.5, 0.6) is 5.75 Å². The first-order chi connectivity index (χ1) is 10.2. The molecule has 1 aliphatic rings. The number of halogens is 2. The summed E-state index contributed by atoms with van der Waals surface area (Å²) in [6, 6.07) is 10.9. The maximum atomic E-state index is 11.1. The number of anilines is 1. The lowest BCUT2D eigenvalue weighted by atomic mass is 10.2. The molecule has 3 rings (SSSR count). The zero-order valence-electron chi connectivity index (χ0n) is 11.7. The van der Waals surface area contributed by atoms with Gasteiger partial charge in [0.1, 0.15) is 5.75 Å². The van der Waals surface area contributed by atoms with Gasteiger partial charge in [-0.3, -0.25) is 0 Å². The molecular formula is C15H13BrClN3O2. The van der Waals surface area contributed by atoms with Crippen molar-refractivity contribution in [1.29, 1.82) is 0 Å². The normalized spacial score (nSPS) is 11.8. The van der Waals surface area contributed by atoms with Gasteiger partial charge in [-0.15, -0.1) is 12.4 Å². The van der Waals surface area contributed by atoms with E-state index in [-0.39, 0.29) is 12.4 Å². The van der Waals surface area contributed by atoms with E-state index < -0.39 is 6.03 Å². The average Bonchev–Trinajstić information content (AvgIpc) is 2.84. The highest BCUT2D eigenvalue weighted by Gasteiger charge is 2.07. The summed E-state index contributed by atoms with van der Waals surface area (Å²) < 4.78 is 6.33. The molecule has 0 bridgehead atoms. The van der Waals surface area contributed by atoms with Gasteiger partial charge in [-0.25, -0.2) is 4.79 Å². The highest BCUT2D eigenvalue weighted by molar-refractivity contribution is 9.10. The van der Waals surface area contributed by atoms with Crippen molar-refractivity contribution in [3.63, 3.8) is 0 Å². The Kier molecular flexibility index (Phi) is 5.15. The Morgan fingerprint density at radius 2 is 1.91 bits per heavy atom. The van der Waals surface area contributed by atoms with Gasteiger partial charge in [0.05, 0.1) is 17.8 Å². The molecule has 22 heavy (non-hydrogen) atoms. The summed E-state index contributed by atoms with van der Waals surface area (Å²) in [5.74, 6) is 0.821. The summed E-state index contributed by atoms with van der Waals surface area (Å²) >= 11 is 3.45. The quantitative estimate of drug-likeness (QED) is 0.884. The second kappa shape index (κ2) is 6.89. The molecule has 0 aliphatic carbocycles. The number of nitrogens with zero attached hydrogens (tertiary/aromatic N) is 2. The molecule has 0 atom stereocenters. The number of carbonyl (C=O) groups is 1. The molecule has 0 aromatic heterocycles. The van der Waals surface area contributed by atoms with E-state index in [2.05, 4.69) is 31.2 Å². The Morgan fingerprint density at radius 1 is 1.14 bits per heavy atom. The number of rotatable bonds is 4. The number of benzene rings is 2. The largest absolute Gasteiger partial charge is 0.496 e. The lowest BCUT2D eigenvalue weighted by Gasteiger charge is -2.11. The van der Waals surface area contributed by atoms with Gasteiger partial charge in [-0.05, 0) is 36.4 Å². The zero-order valence-corrected chi connectivity index (χ0v) is 14.1. The lowest BCUT2D eigenvalue weighted by molar-refractivity contribution is 0.256. The third-order valence-corrected chi connectivity index (χ3v) is 3.63. The molecule has 1 heterocycles. The van der Waals surface area contributed by atoms with Crippen molar-refractivity contribution in [3.8, 4) is 5.75 Å². The molecule has 2 aromatic carbocycles. The highest BCUT2D eigenvalue weighted by atomic mass is 79.9. The van der Waals surface area contributed by atoms with Crippen LogP contribution < -0.4 is 20.8 Å². The molecule has 0 unspecified atom stereocenters. The van der Waals surface area contributed by atoms with Gasteiger partial charge in [-0.2, -0.15) is 9.98 Å². The number of hydrogen-bond acceptors (Lipinski definition) is 3. The van der Waals surface area contributed by atoms with E-state index in [0.717, 1.165) is 21.5 Å². The molecule has 0 spiro atoms. The number of urea groups is 1. The van der Waals surface area contributed by atoms with Crippen LogP contribution in [-0.4, -0.2) is 13.1 Å². The van der Waals surface area contributed by atoms with Crippen molar-refractivity contribution < 1.29 is 9.53 Å². The van der Waals surface area contributed by atoms with Gasteiger partial charge in [0.25, 0.3) is 0 Å². The average molecular weight is 383 g/mol. The number of amides is 2. The van der Waals surface area contributed by atoms with Gasteiger partial charge in [0.15, 0.2) is 0 Å². The van der Waals surface area contributed by atoms with Crippen LogP contribution in [0.2, 0.25) is 0 Å². The van der Waals surface area contributed by atoms with Crippen LogP contribution in [0.25, 0.3) is 0 Å². The Labute approximate surface area is 141 Å². The van der Waals surface area contributed by atoms with E-state index in [9.17, 15) is 4.79 Å². The standard InChI is InChI=1S/C15H12BrN3O2.ClH/c1-21-14-5-2-10(16)6-9(14)8-17-11-3-4-12-13(7-11)19-15(20)18-12;/h2-7,17H,8H2,1H3;1H. The molecule has 114 valence electrons. The first-order valence-electron chi connectivity index (χ1n) is 6.33. The molecule has 0 fully saturated rings. The molecule has 2 amide bonds. The van der Waals surface area contributed by atoms with Crippen LogP contribution in [0.15, 0.2) is 50.9 Å². The molecule has 0 radical (unpaired) electrons. The molecule has 1 aliphatic heterocycles. The Morgan fingerprint density at radius 3 is 2.68 bits per heavy atom. The molecule has 5 nitrogen and oxygen atoms in total. The first-order valence-corrected chi connectivity index (χ1v) is 7.13. The molecular weight excluding hydrogens is 370 g/mol. The smallest absolute Gasteiger partial charge is 0.368 e. The second-order valence-electron chi connectivity index (χ2n) is 4.52. The maximum absolute atomic E-state index is 11.1. The van der Waals surface area contributed by atoms with Crippen LogP contribution >= 0.6 is 28.3 Å². The summed E-state index contributed by atoms with van der Waals surface area (Å²) in [6.45, 7) is 0.604. The predicted molar refractivity (Wildman–Crippen MR) is 89.4 cm³/mol. The van der Waals surface area contributed by atoms with Crippen LogP contribution in [0.1, 0.15) is 5.56 Å². The number of nitrogens with one attached hydrogen (secondary N) is 1. The number of methoxy groups -OCH3 is 1. The maximum Gasteiger partial charge on any atom is 0.368 e. The third-order valence-electron chi connectivity index (χ3n) is 3.13. The van der Waals surface area contributed by atoms with Gasteiger partial charge in [-0.1, -0.05) is 15.9 Å². The zero-order chi connectivity index (χ0) is 14.8. The number of ether oxygens (including phenoxy) is 1. The Hall–Kier alpha value is -1.92. The third kappa shape index (κ3) is 3.45. The Bertz CT molecular complexity index is 839. The van der Waals surface area contributed by atoms with Crippen molar-refractivity contribution in [3.05, 3.63) is 57.1 Å². The SMILES string of the molecule is COc1ccc(Br)cc1CNc1ccc2c(c1)=NC(=O)N=2.Cl. The fourth-order valence-electron chi connectivity index (χ4n) is 2.13. The molecule has 7 heteroatoms. The number of carbonyl (C=O) groups excluding carboxylic acids is 1. The van der Waals surface area contributed by atoms with Crippen LogP contribution in [0.3, 0.4) is 0 Å². The monoisotopic (exact) mass is 381 g/mol. The predicted octanol–water partition coefficient (Wildman–Crippen LogP) is 2.86. The van der Waals surface area contributed by atoms with Gasteiger partial charge < -0.3 is 10.1 Å².